The Kier molecular flexibility index (Phi) is 5.97. The van der Waals surface area contributed by atoms with Crippen molar-refractivity contribution < 1.29 is 14.6 Å². The van der Waals surface area contributed by atoms with Gasteiger partial charge in [-0.15, -0.1) is 0 Å². The highest BCUT2D eigenvalue weighted by Gasteiger charge is 2.46. The normalized spacial score (nSPS) is 27.7. The van der Waals surface area contributed by atoms with E-state index in [9.17, 15) is 15.2 Å². The number of nitrogens with zero attached hydrogens (tertiary/aromatic N) is 3. The van der Waals surface area contributed by atoms with E-state index >= 15 is 0 Å². The molecule has 1 fully saturated rings. The number of carbonyl (C=O) groups excluding carboxylic acids is 1. The van der Waals surface area contributed by atoms with E-state index in [1.54, 1.807) is 0 Å². The average molecular weight is 484 g/mol. The number of aryl methyl sites for hydroxylation is 1. The fourth-order valence-corrected chi connectivity index (χ4v) is 7.35. The number of esters is 1. The van der Waals surface area contributed by atoms with Gasteiger partial charge < -0.3 is 19.3 Å². The second kappa shape index (κ2) is 9.29. The van der Waals surface area contributed by atoms with Crippen LogP contribution in [0.5, 0.6) is 0 Å². The highest BCUT2D eigenvalue weighted by Crippen LogP contribution is 2.48. The van der Waals surface area contributed by atoms with Crippen LogP contribution in [0.2, 0.25) is 0 Å². The molecule has 0 unspecified atom stereocenters. The maximum absolute atomic E-state index is 13.0. The zero-order chi connectivity index (χ0) is 24.8. The Labute approximate surface area is 212 Å². The van der Waals surface area contributed by atoms with Crippen molar-refractivity contribution in [2.24, 2.45) is 17.8 Å². The molecule has 0 radical (unpaired) electrons. The fourth-order valence-electron chi connectivity index (χ4n) is 7.35. The molecule has 2 aromatic carbocycles. The first kappa shape index (κ1) is 23.1. The third-order valence-corrected chi connectivity index (χ3v) is 8.97. The lowest BCUT2D eigenvalue weighted by atomic mass is 9.66. The van der Waals surface area contributed by atoms with Crippen LogP contribution in [0.3, 0.4) is 0 Å². The van der Waals surface area contributed by atoms with Crippen molar-refractivity contribution >= 4 is 16.9 Å². The lowest BCUT2D eigenvalue weighted by Gasteiger charge is -2.43. The van der Waals surface area contributed by atoms with E-state index in [0.29, 0.717) is 19.5 Å². The van der Waals surface area contributed by atoms with Crippen LogP contribution in [0.1, 0.15) is 48.4 Å². The van der Waals surface area contributed by atoms with Gasteiger partial charge in [0.25, 0.3) is 0 Å². The predicted octanol–water partition coefficient (Wildman–Crippen LogP) is 4.57. The van der Waals surface area contributed by atoms with E-state index in [1.165, 1.54) is 40.5 Å². The molecular weight excluding hydrogens is 450 g/mol. The topological polar surface area (TPSA) is 78.5 Å². The van der Waals surface area contributed by atoms with Gasteiger partial charge in [-0.25, -0.2) is 0 Å². The van der Waals surface area contributed by atoms with Crippen molar-refractivity contribution in [1.29, 1.82) is 5.26 Å². The minimum absolute atomic E-state index is 0.0410. The van der Waals surface area contributed by atoms with Crippen molar-refractivity contribution in [1.82, 2.24) is 9.47 Å². The molecule has 2 aliphatic heterocycles. The smallest absolute Gasteiger partial charge is 0.311 e. The lowest BCUT2D eigenvalue weighted by molar-refractivity contribution is -0.157. The largest absolute Gasteiger partial charge is 0.469 e. The number of ether oxygens (including phenoxy) is 1. The maximum atomic E-state index is 13.0. The zero-order valence-electron chi connectivity index (χ0n) is 20.8. The van der Waals surface area contributed by atoms with Crippen molar-refractivity contribution in [3.8, 4) is 11.9 Å². The highest BCUT2D eigenvalue weighted by atomic mass is 16.5. The summed E-state index contributed by atoms with van der Waals surface area (Å²) in [7, 11) is 1.42. The Bertz CT molecular complexity index is 1340. The molecule has 3 aliphatic rings. The van der Waals surface area contributed by atoms with E-state index in [-0.39, 0.29) is 23.7 Å². The molecule has 5 atom stereocenters. The Morgan fingerprint density at radius 2 is 1.89 bits per heavy atom. The van der Waals surface area contributed by atoms with Crippen molar-refractivity contribution in [2.45, 2.75) is 50.5 Å². The van der Waals surface area contributed by atoms with Gasteiger partial charge in [-0.3, -0.25) is 4.79 Å². The summed E-state index contributed by atoms with van der Waals surface area (Å²) in [4.78, 5) is 14.8. The Balaban J connectivity index is 1.57. The van der Waals surface area contributed by atoms with Crippen LogP contribution in [-0.4, -0.2) is 46.8 Å². The zero-order valence-corrected chi connectivity index (χ0v) is 20.8. The SMILES string of the molecule is COC(=O)[C@@H]1[C@H]2C[C@@H]3CCc4ccccc4-n4c3c(c3ccccc34)CCN(C#N)C[C@@H]2CC[C@@H]1O. The molecule has 3 aromatic rings. The van der Waals surface area contributed by atoms with Gasteiger partial charge in [-0.05, 0) is 73.6 Å². The Morgan fingerprint density at radius 1 is 1.08 bits per heavy atom. The summed E-state index contributed by atoms with van der Waals surface area (Å²) < 4.78 is 7.66. The quantitative estimate of drug-likeness (QED) is 0.405. The van der Waals surface area contributed by atoms with Gasteiger partial charge in [0, 0.05) is 35.8 Å². The molecule has 186 valence electrons. The van der Waals surface area contributed by atoms with Gasteiger partial charge in [0.05, 0.1) is 24.6 Å². The van der Waals surface area contributed by atoms with Gasteiger partial charge in [-0.2, -0.15) is 5.26 Å². The van der Waals surface area contributed by atoms with Crippen LogP contribution < -0.4 is 0 Å². The van der Waals surface area contributed by atoms with E-state index in [4.69, 9.17) is 4.74 Å². The second-order valence-electron chi connectivity index (χ2n) is 10.7. The summed E-state index contributed by atoms with van der Waals surface area (Å²) in [5.74, 6) is -0.503. The standard InChI is InChI=1S/C30H33N3O3/c1-36-30(35)28-24-16-20-11-10-19-6-2-4-8-25(19)33-26-9-5-3-7-22(26)23(29(20)33)14-15-32(18-31)17-21(24)12-13-27(28)34/h2-9,20-21,24,27-28,34H,10-17H2,1H3/t20-,21-,24-,27-,28+/m0/s1. The van der Waals surface area contributed by atoms with E-state index in [1.807, 2.05) is 4.90 Å². The predicted molar refractivity (Wildman–Crippen MR) is 138 cm³/mol. The number of aromatic nitrogens is 1. The second-order valence-corrected chi connectivity index (χ2v) is 10.7. The number of benzene rings is 2. The van der Waals surface area contributed by atoms with E-state index in [2.05, 4.69) is 59.3 Å². The van der Waals surface area contributed by atoms with Gasteiger partial charge in [-0.1, -0.05) is 36.4 Å². The van der Waals surface area contributed by atoms with E-state index < -0.39 is 12.0 Å². The number of methoxy groups -OCH3 is 1. The van der Waals surface area contributed by atoms with Gasteiger partial charge >= 0.3 is 5.97 Å². The fraction of sp³-hybridized carbons (Fsp3) is 0.467. The third kappa shape index (κ3) is 3.69. The molecule has 0 amide bonds. The van der Waals surface area contributed by atoms with Crippen LogP contribution in [0, 0.1) is 29.2 Å². The van der Waals surface area contributed by atoms with Crippen LogP contribution in [0.4, 0.5) is 0 Å². The number of aliphatic hydroxyl groups is 1. The number of para-hydroxylation sites is 2. The molecule has 0 bridgehead atoms. The van der Waals surface area contributed by atoms with Crippen molar-refractivity contribution in [3.05, 3.63) is 65.4 Å². The Morgan fingerprint density at radius 3 is 2.72 bits per heavy atom. The van der Waals surface area contributed by atoms with Gasteiger partial charge in [0.15, 0.2) is 6.19 Å². The highest BCUT2D eigenvalue weighted by molar-refractivity contribution is 5.88. The van der Waals surface area contributed by atoms with Crippen LogP contribution in [0.15, 0.2) is 48.5 Å². The van der Waals surface area contributed by atoms with Crippen molar-refractivity contribution in [2.75, 3.05) is 20.2 Å². The molecule has 36 heavy (non-hydrogen) atoms. The molecule has 1 aliphatic carbocycles. The minimum atomic E-state index is -0.703. The summed E-state index contributed by atoms with van der Waals surface area (Å²) >= 11 is 0. The monoisotopic (exact) mass is 483 g/mol. The molecule has 1 saturated carbocycles. The molecule has 6 heteroatoms. The molecule has 1 N–H and O–H groups in total. The van der Waals surface area contributed by atoms with Crippen LogP contribution in [0.25, 0.3) is 16.6 Å². The number of hydrogen-bond donors (Lipinski definition) is 1. The molecular formula is C30H33N3O3. The molecule has 0 spiro atoms. The van der Waals surface area contributed by atoms with E-state index in [0.717, 1.165) is 32.1 Å². The van der Waals surface area contributed by atoms with Gasteiger partial charge in [0.2, 0.25) is 0 Å². The molecule has 3 heterocycles. The summed E-state index contributed by atoms with van der Waals surface area (Å²) in [6.07, 6.45) is 6.70. The number of hydrogen-bond acceptors (Lipinski definition) is 5. The molecule has 6 nitrogen and oxygen atoms in total. The maximum Gasteiger partial charge on any atom is 0.311 e. The van der Waals surface area contributed by atoms with Gasteiger partial charge in [0.1, 0.15) is 0 Å². The Hall–Kier alpha value is -3.30. The summed E-state index contributed by atoms with van der Waals surface area (Å²) in [5.41, 5.74) is 6.41. The minimum Gasteiger partial charge on any atom is -0.469 e. The summed E-state index contributed by atoms with van der Waals surface area (Å²) in [6.45, 7) is 1.28. The first-order chi connectivity index (χ1) is 17.6. The molecule has 1 aromatic heterocycles. The molecule has 0 saturated heterocycles. The average Bonchev–Trinajstić information content (AvgIpc) is 3.14. The van der Waals surface area contributed by atoms with Crippen molar-refractivity contribution in [3.63, 3.8) is 0 Å². The summed E-state index contributed by atoms with van der Waals surface area (Å²) in [6, 6.07) is 17.3. The number of nitriles is 1. The van der Waals surface area contributed by atoms with Crippen LogP contribution in [-0.2, 0) is 22.4 Å². The number of carbonyl (C=O) groups is 1. The number of rotatable bonds is 1. The third-order valence-electron chi connectivity index (χ3n) is 8.97. The van der Waals surface area contributed by atoms with Crippen LogP contribution >= 0.6 is 0 Å². The molecule has 6 rings (SSSR count). The summed E-state index contributed by atoms with van der Waals surface area (Å²) in [5, 5.41) is 22.2. The first-order valence-corrected chi connectivity index (χ1v) is 13.2. The lowest BCUT2D eigenvalue weighted by Crippen LogP contribution is -2.47. The number of fused-ring (bicyclic) bond motifs is 6. The first-order valence-electron chi connectivity index (χ1n) is 13.2. The number of aliphatic hydroxyl groups excluding tert-OH is 1.